The lowest BCUT2D eigenvalue weighted by atomic mass is 9.95. The average Bonchev–Trinajstić information content (AvgIpc) is 3.09. The molecule has 0 saturated carbocycles. The molecule has 4 rings (SSSR count). The van der Waals surface area contributed by atoms with Crippen molar-refractivity contribution in [1.29, 1.82) is 0 Å². The highest BCUT2D eigenvalue weighted by Crippen LogP contribution is 2.29. The molecule has 3 aromatic rings. The largest absolute Gasteiger partial charge is 0.365 e. The van der Waals surface area contributed by atoms with Gasteiger partial charge in [0.25, 0.3) is 0 Å². The Morgan fingerprint density at radius 3 is 2.13 bits per heavy atom. The summed E-state index contributed by atoms with van der Waals surface area (Å²) in [5, 5.41) is 4.79. The molecule has 0 aliphatic carbocycles. The van der Waals surface area contributed by atoms with Crippen LogP contribution in [0.1, 0.15) is 36.2 Å². The Hall–Kier alpha value is -3.08. The SMILES string of the molecule is CCC(C(=O)N1CCN(c2c(C)nn(-c3ccccc3)c2C)CC1)c1ccccc1. The molecule has 1 saturated heterocycles. The first-order valence-corrected chi connectivity index (χ1v) is 10.8. The second kappa shape index (κ2) is 8.74. The monoisotopic (exact) mass is 402 g/mol. The number of aromatic nitrogens is 2. The maximum absolute atomic E-state index is 13.2. The number of amides is 1. The molecule has 0 N–H and O–H groups in total. The lowest BCUT2D eigenvalue weighted by Crippen LogP contribution is -2.50. The van der Waals surface area contributed by atoms with Gasteiger partial charge < -0.3 is 9.80 Å². The first-order chi connectivity index (χ1) is 14.6. The zero-order valence-electron chi connectivity index (χ0n) is 18.1. The van der Waals surface area contributed by atoms with Crippen LogP contribution in [-0.4, -0.2) is 46.8 Å². The standard InChI is InChI=1S/C25H30N4O/c1-4-23(21-11-7-5-8-12-21)25(30)28-17-15-27(16-18-28)24-19(2)26-29(20(24)3)22-13-9-6-10-14-22/h5-14,23H,4,15-18H2,1-3H3. The molecule has 1 unspecified atom stereocenters. The van der Waals surface area contributed by atoms with E-state index in [2.05, 4.69) is 49.9 Å². The third-order valence-electron chi connectivity index (χ3n) is 6.07. The van der Waals surface area contributed by atoms with Crippen LogP contribution >= 0.6 is 0 Å². The molecule has 0 radical (unpaired) electrons. The van der Waals surface area contributed by atoms with Crippen molar-refractivity contribution < 1.29 is 4.79 Å². The highest BCUT2D eigenvalue weighted by atomic mass is 16.2. The van der Waals surface area contributed by atoms with Gasteiger partial charge in [-0.05, 0) is 38.0 Å². The smallest absolute Gasteiger partial charge is 0.230 e. The third kappa shape index (κ3) is 3.84. The summed E-state index contributed by atoms with van der Waals surface area (Å²) in [6, 6.07) is 20.4. The van der Waals surface area contributed by atoms with Crippen LogP contribution in [0.25, 0.3) is 5.69 Å². The normalized spacial score (nSPS) is 15.3. The van der Waals surface area contributed by atoms with Crippen LogP contribution in [0.3, 0.4) is 0 Å². The second-order valence-corrected chi connectivity index (χ2v) is 7.95. The molecule has 30 heavy (non-hydrogen) atoms. The summed E-state index contributed by atoms with van der Waals surface area (Å²) in [6.07, 6.45) is 0.825. The number of hydrogen-bond donors (Lipinski definition) is 0. The summed E-state index contributed by atoms with van der Waals surface area (Å²) in [5.74, 6) is 0.193. The van der Waals surface area contributed by atoms with Crippen LogP contribution in [0.2, 0.25) is 0 Å². The fourth-order valence-corrected chi connectivity index (χ4v) is 4.52. The number of anilines is 1. The van der Waals surface area contributed by atoms with Crippen LogP contribution in [0.15, 0.2) is 60.7 Å². The Labute approximate surface area is 178 Å². The van der Waals surface area contributed by atoms with Crippen LogP contribution in [0.5, 0.6) is 0 Å². The number of carbonyl (C=O) groups is 1. The topological polar surface area (TPSA) is 41.4 Å². The Morgan fingerprint density at radius 2 is 1.53 bits per heavy atom. The summed E-state index contributed by atoms with van der Waals surface area (Å²) >= 11 is 0. The third-order valence-corrected chi connectivity index (χ3v) is 6.07. The van der Waals surface area contributed by atoms with Crippen molar-refractivity contribution in [3.63, 3.8) is 0 Å². The van der Waals surface area contributed by atoms with E-state index in [0.717, 1.165) is 55.2 Å². The van der Waals surface area contributed by atoms with Gasteiger partial charge in [0.1, 0.15) is 0 Å². The zero-order chi connectivity index (χ0) is 21.1. The summed E-state index contributed by atoms with van der Waals surface area (Å²) in [4.78, 5) is 17.6. The molecule has 1 atom stereocenters. The molecule has 156 valence electrons. The highest BCUT2D eigenvalue weighted by molar-refractivity contribution is 5.84. The molecule has 0 bridgehead atoms. The summed E-state index contributed by atoms with van der Waals surface area (Å²) < 4.78 is 2.02. The van der Waals surface area contributed by atoms with E-state index >= 15 is 0 Å². The van der Waals surface area contributed by atoms with Crippen molar-refractivity contribution in [3.05, 3.63) is 77.6 Å². The van der Waals surface area contributed by atoms with Crippen molar-refractivity contribution in [2.24, 2.45) is 0 Å². The molecule has 5 nitrogen and oxygen atoms in total. The molecule has 0 spiro atoms. The molecule has 2 heterocycles. The van der Waals surface area contributed by atoms with E-state index in [0.29, 0.717) is 0 Å². The van der Waals surface area contributed by atoms with E-state index in [1.54, 1.807) is 0 Å². The molecular weight excluding hydrogens is 372 g/mol. The molecular formula is C25H30N4O. The summed E-state index contributed by atoms with van der Waals surface area (Å²) in [7, 11) is 0. The fraction of sp³-hybridized carbons (Fsp3) is 0.360. The number of hydrogen-bond acceptors (Lipinski definition) is 3. The van der Waals surface area contributed by atoms with E-state index in [-0.39, 0.29) is 11.8 Å². The predicted octanol–water partition coefficient (Wildman–Crippen LogP) is 4.33. The van der Waals surface area contributed by atoms with Gasteiger partial charge in [0.15, 0.2) is 0 Å². The Morgan fingerprint density at radius 1 is 0.933 bits per heavy atom. The molecule has 1 amide bonds. The van der Waals surface area contributed by atoms with E-state index in [9.17, 15) is 4.79 Å². The fourth-order valence-electron chi connectivity index (χ4n) is 4.52. The Bertz CT molecular complexity index is 989. The predicted molar refractivity (Wildman–Crippen MR) is 121 cm³/mol. The molecule has 1 fully saturated rings. The van der Waals surface area contributed by atoms with Crippen LogP contribution in [0, 0.1) is 13.8 Å². The molecule has 1 aromatic heterocycles. The van der Waals surface area contributed by atoms with Gasteiger partial charge in [0, 0.05) is 26.2 Å². The molecule has 2 aromatic carbocycles. The number of benzene rings is 2. The average molecular weight is 403 g/mol. The van der Waals surface area contributed by atoms with Gasteiger partial charge in [-0.2, -0.15) is 5.10 Å². The lowest BCUT2D eigenvalue weighted by Gasteiger charge is -2.37. The van der Waals surface area contributed by atoms with Crippen LogP contribution in [-0.2, 0) is 4.79 Å². The van der Waals surface area contributed by atoms with E-state index < -0.39 is 0 Å². The van der Waals surface area contributed by atoms with Gasteiger partial charge in [-0.3, -0.25) is 4.79 Å². The lowest BCUT2D eigenvalue weighted by molar-refractivity contribution is -0.133. The van der Waals surface area contributed by atoms with Gasteiger partial charge in [-0.1, -0.05) is 55.5 Å². The van der Waals surface area contributed by atoms with Gasteiger partial charge in [0.05, 0.1) is 28.7 Å². The maximum atomic E-state index is 13.2. The first-order valence-electron chi connectivity index (χ1n) is 10.8. The van der Waals surface area contributed by atoms with Gasteiger partial charge >= 0.3 is 0 Å². The van der Waals surface area contributed by atoms with Gasteiger partial charge in [-0.15, -0.1) is 0 Å². The number of carbonyl (C=O) groups excluding carboxylic acids is 1. The molecule has 1 aliphatic heterocycles. The van der Waals surface area contributed by atoms with E-state index in [1.165, 1.54) is 5.69 Å². The number of nitrogens with zero attached hydrogens (tertiary/aromatic N) is 4. The molecule has 1 aliphatic rings. The summed E-state index contributed by atoms with van der Waals surface area (Å²) in [6.45, 7) is 9.45. The van der Waals surface area contributed by atoms with Crippen molar-refractivity contribution in [2.45, 2.75) is 33.1 Å². The first kappa shape index (κ1) is 20.2. The zero-order valence-corrected chi connectivity index (χ0v) is 18.1. The second-order valence-electron chi connectivity index (χ2n) is 7.95. The summed E-state index contributed by atoms with van der Waals surface area (Å²) in [5.41, 5.74) is 5.57. The minimum Gasteiger partial charge on any atom is -0.365 e. The van der Waals surface area contributed by atoms with Crippen molar-refractivity contribution >= 4 is 11.6 Å². The van der Waals surface area contributed by atoms with Crippen molar-refractivity contribution in [1.82, 2.24) is 14.7 Å². The maximum Gasteiger partial charge on any atom is 0.230 e. The van der Waals surface area contributed by atoms with Gasteiger partial charge in [-0.25, -0.2) is 4.68 Å². The number of piperazine rings is 1. The number of aryl methyl sites for hydroxylation is 1. The van der Waals surface area contributed by atoms with Crippen LogP contribution < -0.4 is 4.90 Å². The van der Waals surface area contributed by atoms with Gasteiger partial charge in [0.2, 0.25) is 5.91 Å². The highest BCUT2D eigenvalue weighted by Gasteiger charge is 2.29. The van der Waals surface area contributed by atoms with E-state index in [1.807, 2.05) is 46.0 Å². The van der Waals surface area contributed by atoms with E-state index in [4.69, 9.17) is 5.10 Å². The number of rotatable bonds is 5. The minimum absolute atomic E-state index is 0.0537. The molecule has 5 heteroatoms. The Kier molecular flexibility index (Phi) is 5.88. The quantitative estimate of drug-likeness (QED) is 0.638. The minimum atomic E-state index is -0.0537. The van der Waals surface area contributed by atoms with Crippen LogP contribution in [0.4, 0.5) is 5.69 Å². The van der Waals surface area contributed by atoms with Crippen molar-refractivity contribution in [2.75, 3.05) is 31.1 Å². The van der Waals surface area contributed by atoms with Crippen molar-refractivity contribution in [3.8, 4) is 5.69 Å². The Balaban J connectivity index is 1.47. The number of para-hydroxylation sites is 1.